The Balaban J connectivity index is 2.52. The maximum atomic E-state index is 14.3. The van der Waals surface area contributed by atoms with Crippen molar-refractivity contribution in [1.29, 1.82) is 0 Å². The van der Waals surface area contributed by atoms with Crippen LogP contribution in [0.3, 0.4) is 0 Å². The summed E-state index contributed by atoms with van der Waals surface area (Å²) >= 11 is 8.47. The molecule has 5 nitrogen and oxygen atoms in total. The Morgan fingerprint density at radius 1 is 1.00 bits per heavy atom. The van der Waals surface area contributed by atoms with Gasteiger partial charge in [0.05, 0.1) is 16.2 Å². The molecule has 0 saturated heterocycles. The fourth-order valence-electron chi connectivity index (χ4n) is 2.40. The number of anilines is 1. The molecule has 0 heterocycles. The summed E-state index contributed by atoms with van der Waals surface area (Å²) in [6.45, 7) is 0. The van der Waals surface area contributed by atoms with Crippen molar-refractivity contribution in [3.05, 3.63) is 63.7 Å². The monoisotopic (exact) mass is 696 g/mol. The first-order valence-corrected chi connectivity index (χ1v) is 10.1. The number of rotatable bonds is 4. The molecule has 0 aromatic heterocycles. The molecule has 0 atom stereocenters. The number of carbonyl (C=O) groups excluding carboxylic acids is 1. The van der Waals surface area contributed by atoms with Crippen molar-refractivity contribution in [2.24, 2.45) is 0 Å². The van der Waals surface area contributed by atoms with Crippen LogP contribution in [0.15, 0.2) is 30.3 Å². The smallest absolute Gasteiger partial charge is 0.320 e. The molecular weight excluding hydrogens is 690 g/mol. The number of nitro benzene ring substituents is 1. The summed E-state index contributed by atoms with van der Waals surface area (Å²) in [7, 11) is 0. The lowest BCUT2D eigenvalue weighted by Crippen LogP contribution is -2.50. The Labute approximate surface area is 200 Å². The molecule has 1 amide bonds. The lowest BCUT2D eigenvalue weighted by molar-refractivity contribution is -0.384. The molecule has 0 aliphatic carbocycles. The van der Waals surface area contributed by atoms with Crippen LogP contribution in [0, 0.1) is 17.3 Å². The third-order valence-electron chi connectivity index (χ3n) is 3.88. The fourth-order valence-corrected chi connectivity index (χ4v) is 4.72. The van der Waals surface area contributed by atoms with E-state index in [4.69, 9.17) is 11.6 Å². The van der Waals surface area contributed by atoms with Crippen LogP contribution < -0.4 is 5.32 Å². The van der Waals surface area contributed by atoms with Crippen LogP contribution in [0.5, 0.6) is 0 Å². The maximum Gasteiger partial charge on any atom is 0.435 e. The summed E-state index contributed by atoms with van der Waals surface area (Å²) in [4.78, 5) is 22.5. The van der Waals surface area contributed by atoms with Crippen molar-refractivity contribution in [3.63, 3.8) is 0 Å². The Morgan fingerprint density at radius 3 is 1.90 bits per heavy atom. The number of amides is 1. The van der Waals surface area contributed by atoms with Crippen molar-refractivity contribution in [2.75, 3.05) is 5.32 Å². The van der Waals surface area contributed by atoms with Gasteiger partial charge in [-0.2, -0.15) is 26.3 Å². The molecule has 15 heteroatoms. The van der Waals surface area contributed by atoms with Crippen LogP contribution in [0.2, 0.25) is 5.02 Å². The van der Waals surface area contributed by atoms with Gasteiger partial charge in [0.15, 0.2) is 0 Å². The minimum absolute atomic E-state index is 0.232. The molecule has 0 unspecified atom stereocenters. The van der Waals surface area contributed by atoms with Gasteiger partial charge < -0.3 is 5.32 Å². The molecule has 1 N–H and O–H groups in total. The van der Waals surface area contributed by atoms with Crippen molar-refractivity contribution < 1.29 is 40.5 Å². The first-order chi connectivity index (χ1) is 14.0. The van der Waals surface area contributed by atoms with E-state index >= 15 is 0 Å². The molecule has 0 fully saturated rings. The predicted octanol–water partition coefficient (Wildman–Crippen LogP) is 7.00. The van der Waals surface area contributed by atoms with Crippen molar-refractivity contribution in [1.82, 2.24) is 0 Å². The van der Waals surface area contributed by atoms with Crippen LogP contribution >= 0.6 is 56.8 Å². The van der Waals surface area contributed by atoms with Gasteiger partial charge in [-0.15, -0.1) is 0 Å². The summed E-state index contributed by atoms with van der Waals surface area (Å²) in [5.41, 5.74) is -8.54. The number of nitrogens with zero attached hydrogens (tertiary/aromatic N) is 1. The molecule has 0 saturated carbocycles. The lowest BCUT2D eigenvalue weighted by Gasteiger charge is -2.31. The van der Waals surface area contributed by atoms with Crippen LogP contribution in [0.1, 0.15) is 15.9 Å². The molecule has 2 rings (SSSR count). The quantitative estimate of drug-likeness (QED) is 0.162. The Kier molecular flexibility index (Phi) is 7.36. The molecule has 0 spiro atoms. The third-order valence-corrected chi connectivity index (χ3v) is 5.98. The Morgan fingerprint density at radius 2 is 1.48 bits per heavy atom. The number of nitrogens with one attached hydrogen (secondary N) is 1. The van der Waals surface area contributed by atoms with E-state index in [9.17, 15) is 45.6 Å². The predicted molar refractivity (Wildman–Crippen MR) is 113 cm³/mol. The van der Waals surface area contributed by atoms with Gasteiger partial charge in [0, 0.05) is 18.8 Å². The van der Waals surface area contributed by atoms with Crippen molar-refractivity contribution >= 4 is 74.1 Å². The Bertz CT molecular complexity index is 1020. The zero-order valence-electron chi connectivity index (χ0n) is 14.3. The minimum Gasteiger partial charge on any atom is -0.320 e. The molecule has 0 aliphatic rings. The SMILES string of the molecule is O=C(Nc1c(I)cc(C(F)(C(F)(F)F)C(F)(F)F)cc1I)c1cccc([N+](=O)[O-])c1Cl. The molecule has 0 bridgehead atoms. The fraction of sp³-hybridized carbons (Fsp3) is 0.188. The van der Waals surface area contributed by atoms with Crippen LogP contribution in [0.4, 0.5) is 42.1 Å². The topological polar surface area (TPSA) is 72.2 Å². The molecule has 2 aromatic rings. The zero-order chi connectivity index (χ0) is 23.9. The summed E-state index contributed by atoms with van der Waals surface area (Å²) in [6, 6.07) is 3.90. The maximum absolute atomic E-state index is 14.3. The number of benzene rings is 2. The van der Waals surface area contributed by atoms with E-state index in [0.717, 1.165) is 18.2 Å². The minimum atomic E-state index is -6.29. The third kappa shape index (κ3) is 4.84. The average molecular weight is 696 g/mol. The lowest BCUT2D eigenvalue weighted by atomic mass is 9.94. The molecule has 0 aliphatic heterocycles. The Hall–Kier alpha value is -1.43. The van der Waals surface area contributed by atoms with Gasteiger partial charge >= 0.3 is 18.0 Å². The van der Waals surface area contributed by atoms with E-state index in [2.05, 4.69) is 5.32 Å². The molecule has 31 heavy (non-hydrogen) atoms. The van der Waals surface area contributed by atoms with E-state index in [1.54, 1.807) is 0 Å². The number of alkyl halides is 7. The second-order valence-corrected chi connectivity index (χ2v) is 8.52. The van der Waals surface area contributed by atoms with Crippen LogP contribution in [-0.4, -0.2) is 23.2 Å². The van der Waals surface area contributed by atoms with Gasteiger partial charge in [-0.25, -0.2) is 4.39 Å². The second-order valence-electron chi connectivity index (χ2n) is 5.82. The number of hydrogen-bond acceptors (Lipinski definition) is 3. The normalized spacial score (nSPS) is 12.6. The van der Waals surface area contributed by atoms with Gasteiger partial charge in [-0.1, -0.05) is 17.7 Å². The second kappa shape index (κ2) is 8.84. The summed E-state index contributed by atoms with van der Waals surface area (Å²) in [6.07, 6.45) is -12.6. The van der Waals surface area contributed by atoms with Crippen molar-refractivity contribution in [2.45, 2.75) is 18.0 Å². The highest BCUT2D eigenvalue weighted by molar-refractivity contribution is 14.1. The molecule has 168 valence electrons. The summed E-state index contributed by atoms with van der Waals surface area (Å²) in [5.74, 6) is -1.02. The highest BCUT2D eigenvalue weighted by atomic mass is 127. The van der Waals surface area contributed by atoms with E-state index in [1.165, 1.54) is 45.2 Å². The van der Waals surface area contributed by atoms with E-state index in [1.807, 2.05) is 0 Å². The highest BCUT2D eigenvalue weighted by Gasteiger charge is 2.73. The van der Waals surface area contributed by atoms with Crippen LogP contribution in [0.25, 0.3) is 0 Å². The average Bonchev–Trinajstić information content (AvgIpc) is 2.61. The van der Waals surface area contributed by atoms with Crippen LogP contribution in [-0.2, 0) is 5.67 Å². The van der Waals surface area contributed by atoms with Gasteiger partial charge in [-0.05, 0) is 63.4 Å². The van der Waals surface area contributed by atoms with E-state index in [0.29, 0.717) is 12.1 Å². The standard InChI is InChI=1S/C16H6ClF7I2N2O3/c17-11-7(2-1-3-10(11)28(30)31)13(29)27-12-8(25)4-6(5-9(12)26)14(18,15(19,20)21)16(22,23)24/h1-5H,(H,27,29). The van der Waals surface area contributed by atoms with Gasteiger partial charge in [-0.3, -0.25) is 14.9 Å². The number of carbonyl (C=O) groups is 1. The van der Waals surface area contributed by atoms with Crippen molar-refractivity contribution in [3.8, 4) is 0 Å². The number of nitro groups is 1. The van der Waals surface area contributed by atoms with Gasteiger partial charge in [0.2, 0.25) is 0 Å². The molecule has 0 radical (unpaired) electrons. The number of halogens is 10. The largest absolute Gasteiger partial charge is 0.435 e. The molecule has 2 aromatic carbocycles. The highest BCUT2D eigenvalue weighted by Crippen LogP contribution is 2.54. The van der Waals surface area contributed by atoms with Gasteiger partial charge in [0.25, 0.3) is 11.6 Å². The summed E-state index contributed by atoms with van der Waals surface area (Å²) < 4.78 is 91.6. The van der Waals surface area contributed by atoms with E-state index in [-0.39, 0.29) is 18.4 Å². The number of hydrogen-bond donors (Lipinski definition) is 1. The van der Waals surface area contributed by atoms with Gasteiger partial charge in [0.1, 0.15) is 5.02 Å². The first kappa shape index (κ1) is 25.8. The first-order valence-electron chi connectivity index (χ1n) is 7.58. The zero-order valence-corrected chi connectivity index (χ0v) is 19.4. The summed E-state index contributed by atoms with van der Waals surface area (Å²) in [5, 5.41) is 12.6. The van der Waals surface area contributed by atoms with E-state index < -0.39 is 45.1 Å². The molecular formula is C16H6ClF7I2N2O3.